The van der Waals surface area contributed by atoms with Crippen molar-refractivity contribution in [2.45, 2.75) is 13.8 Å². The van der Waals surface area contributed by atoms with Crippen molar-refractivity contribution in [2.75, 3.05) is 12.4 Å². The van der Waals surface area contributed by atoms with E-state index in [9.17, 15) is 0 Å². The van der Waals surface area contributed by atoms with Crippen molar-refractivity contribution >= 4 is 32.7 Å². The molecule has 3 rings (SSSR count). The number of anilines is 1. The van der Waals surface area contributed by atoms with E-state index in [1.54, 1.807) is 0 Å². The number of para-hydroxylation sites is 1. The average Bonchev–Trinajstić information content (AvgIpc) is 2.49. The van der Waals surface area contributed by atoms with Crippen LogP contribution in [0.15, 0.2) is 34.8 Å². The predicted molar refractivity (Wildman–Crippen MR) is 89.5 cm³/mol. The molecule has 1 aromatic carbocycles. The summed E-state index contributed by atoms with van der Waals surface area (Å²) in [7, 11) is 1.85. The number of nitrogens with one attached hydrogen (secondary N) is 1. The lowest BCUT2D eigenvalue weighted by atomic mass is 10.1. The van der Waals surface area contributed by atoms with Crippen LogP contribution in [0.3, 0.4) is 0 Å². The molecule has 0 aliphatic rings. The van der Waals surface area contributed by atoms with Gasteiger partial charge in [-0.1, -0.05) is 18.2 Å². The van der Waals surface area contributed by atoms with E-state index < -0.39 is 0 Å². The third-order valence-electron chi connectivity index (χ3n) is 3.34. The van der Waals surface area contributed by atoms with Crippen LogP contribution in [0.1, 0.15) is 11.4 Å². The quantitative estimate of drug-likeness (QED) is 0.761. The van der Waals surface area contributed by atoms with Crippen molar-refractivity contribution in [3.05, 3.63) is 46.2 Å². The molecule has 0 saturated carbocycles. The zero-order chi connectivity index (χ0) is 15.0. The van der Waals surface area contributed by atoms with E-state index in [-0.39, 0.29) is 0 Å². The molecule has 0 atom stereocenters. The van der Waals surface area contributed by atoms with Gasteiger partial charge in [0.2, 0.25) is 0 Å². The number of pyridine rings is 1. The van der Waals surface area contributed by atoms with Gasteiger partial charge in [-0.15, -0.1) is 0 Å². The molecule has 5 heteroatoms. The Kier molecular flexibility index (Phi) is 3.59. The molecule has 2 heterocycles. The summed E-state index contributed by atoms with van der Waals surface area (Å²) in [6.45, 7) is 3.95. The zero-order valence-corrected chi connectivity index (χ0v) is 13.7. The number of halogens is 1. The largest absolute Gasteiger partial charge is 0.372 e. The number of rotatable bonds is 2. The van der Waals surface area contributed by atoms with E-state index in [4.69, 9.17) is 0 Å². The number of benzene rings is 1. The molecule has 0 aliphatic carbocycles. The summed E-state index contributed by atoms with van der Waals surface area (Å²) in [5.41, 5.74) is 3.83. The van der Waals surface area contributed by atoms with Crippen molar-refractivity contribution in [1.82, 2.24) is 15.0 Å². The van der Waals surface area contributed by atoms with Gasteiger partial charge in [0.25, 0.3) is 0 Å². The van der Waals surface area contributed by atoms with Gasteiger partial charge >= 0.3 is 0 Å². The molecule has 0 aliphatic heterocycles. The first-order valence-corrected chi connectivity index (χ1v) is 7.48. The molecular formula is C16H15BrN4. The van der Waals surface area contributed by atoms with Gasteiger partial charge in [-0.05, 0) is 41.9 Å². The highest BCUT2D eigenvalue weighted by Crippen LogP contribution is 2.30. The van der Waals surface area contributed by atoms with E-state index in [0.29, 0.717) is 5.82 Å². The lowest BCUT2D eigenvalue weighted by Gasteiger charge is -2.11. The van der Waals surface area contributed by atoms with Gasteiger partial charge in [-0.2, -0.15) is 0 Å². The highest BCUT2D eigenvalue weighted by molar-refractivity contribution is 9.10. The first kappa shape index (κ1) is 13.9. The summed E-state index contributed by atoms with van der Waals surface area (Å²) >= 11 is 3.51. The van der Waals surface area contributed by atoms with Crippen LogP contribution in [-0.4, -0.2) is 22.0 Å². The molecule has 0 bridgehead atoms. The standard InChI is InChI=1S/C16H15BrN4/c1-9-8-12(11-6-4-5-7-13(11)19-9)15-20-10(2)14(17)16(18-3)21-15/h4-8H,1-3H3,(H,18,20,21). The molecule has 4 nitrogen and oxygen atoms in total. The number of hydrogen-bond acceptors (Lipinski definition) is 4. The molecule has 0 spiro atoms. The smallest absolute Gasteiger partial charge is 0.162 e. The van der Waals surface area contributed by atoms with Crippen LogP contribution in [0.2, 0.25) is 0 Å². The van der Waals surface area contributed by atoms with Crippen molar-refractivity contribution in [1.29, 1.82) is 0 Å². The van der Waals surface area contributed by atoms with Gasteiger partial charge in [0.05, 0.1) is 15.7 Å². The lowest BCUT2D eigenvalue weighted by Crippen LogP contribution is -2.01. The minimum atomic E-state index is 0.710. The van der Waals surface area contributed by atoms with Crippen LogP contribution in [-0.2, 0) is 0 Å². The molecule has 2 aromatic heterocycles. The summed E-state index contributed by atoms with van der Waals surface area (Å²) < 4.78 is 0.892. The fourth-order valence-electron chi connectivity index (χ4n) is 2.34. The van der Waals surface area contributed by atoms with E-state index in [2.05, 4.69) is 42.3 Å². The second-order valence-corrected chi connectivity index (χ2v) is 5.67. The summed E-state index contributed by atoms with van der Waals surface area (Å²) in [6.07, 6.45) is 0. The van der Waals surface area contributed by atoms with Crippen molar-refractivity contribution in [3.8, 4) is 11.4 Å². The summed E-state index contributed by atoms with van der Waals surface area (Å²) in [5, 5.41) is 4.16. The Bertz CT molecular complexity index is 830. The van der Waals surface area contributed by atoms with Gasteiger partial charge in [0.15, 0.2) is 5.82 Å². The van der Waals surface area contributed by atoms with Gasteiger partial charge in [0, 0.05) is 23.7 Å². The van der Waals surface area contributed by atoms with Gasteiger partial charge < -0.3 is 5.32 Å². The first-order chi connectivity index (χ1) is 10.1. The minimum Gasteiger partial charge on any atom is -0.372 e. The Morgan fingerprint density at radius 2 is 1.81 bits per heavy atom. The highest BCUT2D eigenvalue weighted by atomic mass is 79.9. The Hall–Kier alpha value is -2.01. The first-order valence-electron chi connectivity index (χ1n) is 6.69. The Labute approximate surface area is 131 Å². The highest BCUT2D eigenvalue weighted by Gasteiger charge is 2.13. The summed E-state index contributed by atoms with van der Waals surface area (Å²) in [4.78, 5) is 13.8. The molecule has 0 saturated heterocycles. The molecule has 106 valence electrons. The van der Waals surface area contributed by atoms with Crippen LogP contribution in [0.4, 0.5) is 5.82 Å². The van der Waals surface area contributed by atoms with E-state index in [1.807, 2.05) is 45.2 Å². The fraction of sp³-hybridized carbons (Fsp3) is 0.188. The van der Waals surface area contributed by atoms with E-state index in [0.717, 1.165) is 38.1 Å². The monoisotopic (exact) mass is 342 g/mol. The topological polar surface area (TPSA) is 50.7 Å². The number of nitrogens with zero attached hydrogens (tertiary/aromatic N) is 3. The summed E-state index contributed by atoms with van der Waals surface area (Å²) in [5.74, 6) is 1.50. The molecule has 0 radical (unpaired) electrons. The summed E-state index contributed by atoms with van der Waals surface area (Å²) in [6, 6.07) is 10.1. The zero-order valence-electron chi connectivity index (χ0n) is 12.1. The van der Waals surface area contributed by atoms with Crippen LogP contribution in [0, 0.1) is 13.8 Å². The molecule has 1 N–H and O–H groups in total. The molecule has 21 heavy (non-hydrogen) atoms. The number of aromatic nitrogens is 3. The molecule has 3 aromatic rings. The fourth-order valence-corrected chi connectivity index (χ4v) is 2.71. The van der Waals surface area contributed by atoms with Crippen LogP contribution in [0.5, 0.6) is 0 Å². The second-order valence-electron chi connectivity index (χ2n) is 4.87. The van der Waals surface area contributed by atoms with E-state index >= 15 is 0 Å². The Balaban J connectivity index is 2.32. The Morgan fingerprint density at radius 3 is 2.57 bits per heavy atom. The maximum atomic E-state index is 4.62. The maximum Gasteiger partial charge on any atom is 0.162 e. The third kappa shape index (κ3) is 2.49. The molecule has 0 unspecified atom stereocenters. The van der Waals surface area contributed by atoms with Gasteiger partial charge in [-0.25, -0.2) is 9.97 Å². The van der Waals surface area contributed by atoms with Crippen LogP contribution >= 0.6 is 15.9 Å². The van der Waals surface area contributed by atoms with Crippen molar-refractivity contribution in [2.24, 2.45) is 0 Å². The molecular weight excluding hydrogens is 328 g/mol. The predicted octanol–water partition coefficient (Wildman–Crippen LogP) is 4.11. The van der Waals surface area contributed by atoms with Crippen LogP contribution < -0.4 is 5.32 Å². The second kappa shape index (κ2) is 5.41. The minimum absolute atomic E-state index is 0.710. The SMILES string of the molecule is CNc1nc(-c2cc(C)nc3ccccc23)nc(C)c1Br. The third-order valence-corrected chi connectivity index (χ3v) is 4.29. The normalized spacial score (nSPS) is 10.9. The van der Waals surface area contributed by atoms with Gasteiger partial charge in [-0.3, -0.25) is 4.98 Å². The van der Waals surface area contributed by atoms with Crippen molar-refractivity contribution in [3.63, 3.8) is 0 Å². The van der Waals surface area contributed by atoms with Crippen LogP contribution in [0.25, 0.3) is 22.3 Å². The number of hydrogen-bond donors (Lipinski definition) is 1. The van der Waals surface area contributed by atoms with Gasteiger partial charge in [0.1, 0.15) is 5.82 Å². The van der Waals surface area contributed by atoms with E-state index in [1.165, 1.54) is 0 Å². The molecule has 0 fully saturated rings. The maximum absolute atomic E-state index is 4.62. The Morgan fingerprint density at radius 1 is 1.05 bits per heavy atom. The molecule has 0 amide bonds. The average molecular weight is 343 g/mol. The lowest BCUT2D eigenvalue weighted by molar-refractivity contribution is 1.09. The van der Waals surface area contributed by atoms with Crippen molar-refractivity contribution < 1.29 is 0 Å². The number of aryl methyl sites for hydroxylation is 2. The number of fused-ring (bicyclic) bond motifs is 1.